The number of nitrogens with zero attached hydrogens (tertiary/aromatic N) is 3. The van der Waals surface area contributed by atoms with E-state index in [1.165, 1.54) is 5.56 Å². The van der Waals surface area contributed by atoms with E-state index in [4.69, 9.17) is 4.42 Å². The number of aromatic nitrogens is 1. The summed E-state index contributed by atoms with van der Waals surface area (Å²) in [6.07, 6.45) is 1.61. The zero-order valence-corrected chi connectivity index (χ0v) is 19.1. The number of carbonyl (C=O) groups excluding carboxylic acids is 1. The summed E-state index contributed by atoms with van der Waals surface area (Å²) in [5, 5.41) is 13.7. The molecule has 0 radical (unpaired) electrons. The van der Waals surface area contributed by atoms with Gasteiger partial charge in [-0.25, -0.2) is 5.43 Å². The molecule has 0 atom stereocenters. The SMILES string of the molecule is Cc1oc(-n2c(C)cc(/C=N\NC(=O)c3ccc(C(C)(C)C)cc3)c2C)c(C#N)c1C. The Kier molecular flexibility index (Phi) is 5.90. The van der Waals surface area contributed by atoms with Gasteiger partial charge in [0.05, 0.1) is 6.21 Å². The number of benzene rings is 1. The van der Waals surface area contributed by atoms with Crippen LogP contribution in [-0.2, 0) is 5.41 Å². The Balaban J connectivity index is 1.80. The molecule has 0 aliphatic heterocycles. The van der Waals surface area contributed by atoms with Crippen LogP contribution in [0.5, 0.6) is 0 Å². The van der Waals surface area contributed by atoms with Gasteiger partial charge in [0.25, 0.3) is 5.91 Å². The number of nitrogens with one attached hydrogen (secondary N) is 1. The molecule has 1 aromatic carbocycles. The summed E-state index contributed by atoms with van der Waals surface area (Å²) in [7, 11) is 0. The molecule has 3 aromatic rings. The summed E-state index contributed by atoms with van der Waals surface area (Å²) in [5.41, 5.74) is 8.31. The number of furan rings is 1. The Labute approximate surface area is 183 Å². The molecular formula is C25H28N4O2. The average molecular weight is 417 g/mol. The molecule has 2 heterocycles. The van der Waals surface area contributed by atoms with Crippen LogP contribution in [0, 0.1) is 39.0 Å². The molecule has 0 spiro atoms. The average Bonchev–Trinajstić information content (AvgIpc) is 3.15. The zero-order valence-electron chi connectivity index (χ0n) is 19.1. The molecule has 0 saturated carbocycles. The van der Waals surface area contributed by atoms with Gasteiger partial charge in [-0.15, -0.1) is 0 Å². The first-order valence-electron chi connectivity index (χ1n) is 10.2. The Morgan fingerprint density at radius 1 is 1.16 bits per heavy atom. The van der Waals surface area contributed by atoms with Gasteiger partial charge >= 0.3 is 0 Å². The predicted octanol–water partition coefficient (Wildman–Crippen LogP) is 5.24. The summed E-state index contributed by atoms with van der Waals surface area (Å²) in [6, 6.07) is 11.7. The minimum absolute atomic E-state index is 0.0339. The van der Waals surface area contributed by atoms with Crippen molar-refractivity contribution in [2.75, 3.05) is 0 Å². The minimum Gasteiger partial charge on any atom is -0.443 e. The first-order chi connectivity index (χ1) is 14.5. The van der Waals surface area contributed by atoms with Gasteiger partial charge in [-0.3, -0.25) is 9.36 Å². The molecule has 160 valence electrons. The van der Waals surface area contributed by atoms with Crippen LogP contribution in [-0.4, -0.2) is 16.7 Å². The van der Waals surface area contributed by atoms with Crippen molar-refractivity contribution in [2.45, 2.75) is 53.9 Å². The van der Waals surface area contributed by atoms with Crippen LogP contribution in [0.3, 0.4) is 0 Å². The van der Waals surface area contributed by atoms with Gasteiger partial charge in [-0.1, -0.05) is 32.9 Å². The van der Waals surface area contributed by atoms with E-state index in [1.54, 1.807) is 6.21 Å². The second-order valence-corrected chi connectivity index (χ2v) is 8.76. The van der Waals surface area contributed by atoms with E-state index in [-0.39, 0.29) is 11.3 Å². The number of rotatable bonds is 4. The molecule has 0 bridgehead atoms. The molecule has 31 heavy (non-hydrogen) atoms. The fourth-order valence-corrected chi connectivity index (χ4v) is 3.48. The third kappa shape index (κ3) is 4.31. The molecule has 0 aliphatic carbocycles. The fraction of sp³-hybridized carbons (Fsp3) is 0.320. The lowest BCUT2D eigenvalue weighted by atomic mass is 9.87. The van der Waals surface area contributed by atoms with Gasteiger partial charge < -0.3 is 4.42 Å². The summed E-state index contributed by atoms with van der Waals surface area (Å²) < 4.78 is 7.75. The van der Waals surface area contributed by atoms with Crippen molar-refractivity contribution in [1.29, 1.82) is 5.26 Å². The van der Waals surface area contributed by atoms with Crippen LogP contribution in [0.1, 0.15) is 70.5 Å². The Morgan fingerprint density at radius 3 is 2.39 bits per heavy atom. The van der Waals surface area contributed by atoms with Crippen molar-refractivity contribution < 1.29 is 9.21 Å². The standard InChI is InChI=1S/C25H28N4O2/c1-15-12-20(17(3)29(15)24-22(13-26)16(2)18(4)31-24)14-27-28-23(30)19-8-10-21(11-9-19)25(5,6)7/h8-12,14H,1-7H3,(H,28,30)/b27-14-. The van der Waals surface area contributed by atoms with Gasteiger partial charge in [0.2, 0.25) is 5.88 Å². The van der Waals surface area contributed by atoms with Gasteiger partial charge in [-0.2, -0.15) is 10.4 Å². The van der Waals surface area contributed by atoms with E-state index in [9.17, 15) is 10.1 Å². The molecule has 0 unspecified atom stereocenters. The molecule has 1 N–H and O–H groups in total. The Morgan fingerprint density at radius 2 is 1.81 bits per heavy atom. The number of aryl methyl sites for hydroxylation is 2. The van der Waals surface area contributed by atoms with Gasteiger partial charge in [0, 0.05) is 28.1 Å². The van der Waals surface area contributed by atoms with E-state index in [1.807, 2.05) is 62.6 Å². The highest BCUT2D eigenvalue weighted by Crippen LogP contribution is 2.28. The smallest absolute Gasteiger partial charge is 0.271 e. The van der Waals surface area contributed by atoms with Gasteiger partial charge in [0.15, 0.2) is 0 Å². The number of nitriles is 1. The molecule has 0 saturated heterocycles. The lowest BCUT2D eigenvalue weighted by Gasteiger charge is -2.18. The highest BCUT2D eigenvalue weighted by molar-refractivity contribution is 5.95. The highest BCUT2D eigenvalue weighted by atomic mass is 16.4. The molecule has 6 heteroatoms. The van der Waals surface area contributed by atoms with E-state index in [0.717, 1.165) is 28.3 Å². The predicted molar refractivity (Wildman–Crippen MR) is 122 cm³/mol. The van der Waals surface area contributed by atoms with Gasteiger partial charge in [-0.05, 0) is 56.9 Å². The van der Waals surface area contributed by atoms with Crippen molar-refractivity contribution in [3.8, 4) is 12.0 Å². The lowest BCUT2D eigenvalue weighted by Crippen LogP contribution is -2.18. The van der Waals surface area contributed by atoms with Crippen molar-refractivity contribution in [1.82, 2.24) is 9.99 Å². The van der Waals surface area contributed by atoms with Crippen LogP contribution in [0.4, 0.5) is 0 Å². The molecule has 1 amide bonds. The summed E-state index contributed by atoms with van der Waals surface area (Å²) in [5.74, 6) is 0.962. The van der Waals surface area contributed by atoms with Crippen molar-refractivity contribution >= 4 is 12.1 Å². The maximum absolute atomic E-state index is 12.4. The van der Waals surface area contributed by atoms with Crippen molar-refractivity contribution in [3.05, 3.63) is 75.3 Å². The monoisotopic (exact) mass is 416 g/mol. The number of hydrogen-bond donors (Lipinski definition) is 1. The van der Waals surface area contributed by atoms with Crippen LogP contribution in [0.25, 0.3) is 5.88 Å². The number of hydrogen-bond acceptors (Lipinski definition) is 4. The maximum Gasteiger partial charge on any atom is 0.271 e. The molecule has 0 aliphatic rings. The molecule has 3 rings (SSSR count). The van der Waals surface area contributed by atoms with Crippen molar-refractivity contribution in [2.24, 2.45) is 5.10 Å². The number of amides is 1. The van der Waals surface area contributed by atoms with Crippen LogP contribution >= 0.6 is 0 Å². The quantitative estimate of drug-likeness (QED) is 0.466. The van der Waals surface area contributed by atoms with Crippen LogP contribution in [0.2, 0.25) is 0 Å². The summed E-state index contributed by atoms with van der Waals surface area (Å²) in [4.78, 5) is 12.4. The first kappa shape index (κ1) is 22.1. The molecule has 0 fully saturated rings. The lowest BCUT2D eigenvalue weighted by molar-refractivity contribution is 0.0955. The van der Waals surface area contributed by atoms with Crippen molar-refractivity contribution in [3.63, 3.8) is 0 Å². The first-order valence-corrected chi connectivity index (χ1v) is 10.2. The zero-order chi connectivity index (χ0) is 22.9. The third-order valence-corrected chi connectivity index (χ3v) is 5.53. The Hall–Kier alpha value is -3.59. The molecule has 6 nitrogen and oxygen atoms in total. The fourth-order valence-electron chi connectivity index (χ4n) is 3.48. The largest absolute Gasteiger partial charge is 0.443 e. The van der Waals surface area contributed by atoms with Gasteiger partial charge in [0.1, 0.15) is 17.4 Å². The summed E-state index contributed by atoms with van der Waals surface area (Å²) >= 11 is 0. The topological polar surface area (TPSA) is 83.3 Å². The Bertz CT molecular complexity index is 1200. The normalized spacial score (nSPS) is 11.7. The van der Waals surface area contributed by atoms with E-state index in [0.29, 0.717) is 17.0 Å². The molecule has 2 aromatic heterocycles. The van der Waals surface area contributed by atoms with Crippen LogP contribution < -0.4 is 5.43 Å². The minimum atomic E-state index is -0.269. The molecular weight excluding hydrogens is 388 g/mol. The number of hydrazone groups is 1. The highest BCUT2D eigenvalue weighted by Gasteiger charge is 2.20. The third-order valence-electron chi connectivity index (χ3n) is 5.53. The maximum atomic E-state index is 12.4. The van der Waals surface area contributed by atoms with E-state index < -0.39 is 0 Å². The van der Waals surface area contributed by atoms with E-state index in [2.05, 4.69) is 37.4 Å². The number of carbonyl (C=O) groups is 1. The summed E-state index contributed by atoms with van der Waals surface area (Å²) in [6.45, 7) is 14.0. The van der Waals surface area contributed by atoms with Crippen LogP contribution in [0.15, 0.2) is 39.9 Å². The van der Waals surface area contributed by atoms with E-state index >= 15 is 0 Å². The second kappa shape index (κ2) is 8.27. The second-order valence-electron chi connectivity index (χ2n) is 8.76.